The first kappa shape index (κ1) is 16.4. The zero-order valence-corrected chi connectivity index (χ0v) is 12.1. The molecule has 0 aliphatic rings. The number of methoxy groups -OCH3 is 1. The van der Waals surface area contributed by atoms with Crippen LogP contribution >= 0.6 is 0 Å². The number of carbonyl (C=O) groups excluding carboxylic acids is 1. The number of hydrogen-bond acceptors (Lipinski definition) is 7. The average molecular weight is 318 g/mol. The summed E-state index contributed by atoms with van der Waals surface area (Å²) in [6.07, 6.45) is -2.36. The smallest absolute Gasteiger partial charge is 0.350 e. The van der Waals surface area contributed by atoms with E-state index in [0.717, 1.165) is 12.7 Å². The number of nitrogens with zero attached hydrogens (tertiary/aromatic N) is 2. The Bertz CT molecular complexity index is 691. The lowest BCUT2D eigenvalue weighted by Crippen LogP contribution is -2.44. The van der Waals surface area contributed by atoms with Gasteiger partial charge in [0, 0.05) is 11.6 Å². The van der Waals surface area contributed by atoms with Crippen molar-refractivity contribution in [3.8, 4) is 17.0 Å². The van der Waals surface area contributed by atoms with Gasteiger partial charge in [-0.15, -0.1) is 5.10 Å². The summed E-state index contributed by atoms with van der Waals surface area (Å²) in [6, 6.07) is 10.7. The van der Waals surface area contributed by atoms with E-state index in [1.807, 2.05) is 30.3 Å². The summed E-state index contributed by atoms with van der Waals surface area (Å²) in [5, 5.41) is 25.8. The summed E-state index contributed by atoms with van der Waals surface area (Å²) in [5.41, 5.74) is 1.49. The lowest BCUT2D eigenvalue weighted by molar-refractivity contribution is -0.165. The van der Waals surface area contributed by atoms with Crippen LogP contribution in [0.2, 0.25) is 0 Å². The summed E-state index contributed by atoms with van der Waals surface area (Å²) in [4.78, 5) is 22.5. The first-order chi connectivity index (χ1) is 11.0. The number of aliphatic carboxylic acids is 1. The minimum atomic E-state index is -2.09. The largest absolute Gasteiger partial charge is 0.479 e. The van der Waals surface area contributed by atoms with Gasteiger partial charge >= 0.3 is 11.9 Å². The zero-order valence-electron chi connectivity index (χ0n) is 12.1. The number of esters is 1. The second-order valence-corrected chi connectivity index (χ2v) is 4.49. The fourth-order valence-electron chi connectivity index (χ4n) is 1.81. The number of carboxylic acids is 1. The highest BCUT2D eigenvalue weighted by atomic mass is 16.6. The van der Waals surface area contributed by atoms with Crippen LogP contribution in [-0.4, -0.2) is 51.7 Å². The van der Waals surface area contributed by atoms with Crippen LogP contribution < -0.4 is 4.74 Å². The summed E-state index contributed by atoms with van der Waals surface area (Å²) < 4.78 is 9.61. The molecule has 1 aromatic carbocycles. The van der Waals surface area contributed by atoms with Gasteiger partial charge in [0.1, 0.15) is 0 Å². The Morgan fingerprint density at radius 3 is 2.48 bits per heavy atom. The highest BCUT2D eigenvalue weighted by Crippen LogP contribution is 2.21. The van der Waals surface area contributed by atoms with E-state index in [2.05, 4.69) is 14.9 Å². The van der Waals surface area contributed by atoms with Crippen LogP contribution in [0.3, 0.4) is 0 Å². The van der Waals surface area contributed by atoms with Crippen LogP contribution in [0.25, 0.3) is 11.1 Å². The number of aliphatic hydroxyl groups is 1. The number of hydrogen-bond donors (Lipinski definition) is 2. The van der Waals surface area contributed by atoms with Crippen molar-refractivity contribution in [3.63, 3.8) is 0 Å². The van der Waals surface area contributed by atoms with Gasteiger partial charge in [-0.1, -0.05) is 30.3 Å². The fraction of sp³-hybridized carbons (Fsp3) is 0.200. The highest BCUT2D eigenvalue weighted by Gasteiger charge is 2.35. The third kappa shape index (κ3) is 4.01. The molecule has 0 bridgehead atoms. The molecule has 0 radical (unpaired) electrons. The quantitative estimate of drug-likeness (QED) is 0.739. The Hall–Kier alpha value is -3.00. The molecule has 0 amide bonds. The minimum absolute atomic E-state index is 0.109. The van der Waals surface area contributed by atoms with E-state index in [4.69, 9.17) is 9.84 Å². The lowest BCUT2D eigenvalue weighted by Gasteiger charge is -2.18. The number of rotatable bonds is 6. The summed E-state index contributed by atoms with van der Waals surface area (Å²) in [7, 11) is 1.05. The van der Waals surface area contributed by atoms with Crippen molar-refractivity contribution < 1.29 is 29.3 Å². The maximum absolute atomic E-state index is 11.6. The minimum Gasteiger partial charge on any atom is -0.479 e. The number of benzene rings is 1. The Kier molecular flexibility index (Phi) is 5.21. The molecule has 23 heavy (non-hydrogen) atoms. The SMILES string of the molecule is COC(=O)C(Oc1cc(-c2ccccc2)cnn1)C(O)C(=O)O. The van der Waals surface area contributed by atoms with Gasteiger partial charge in [0.05, 0.1) is 13.3 Å². The molecule has 120 valence electrons. The van der Waals surface area contributed by atoms with Gasteiger partial charge in [0.15, 0.2) is 6.10 Å². The van der Waals surface area contributed by atoms with Gasteiger partial charge in [-0.3, -0.25) is 0 Å². The van der Waals surface area contributed by atoms with Gasteiger partial charge in [0.2, 0.25) is 12.0 Å². The summed E-state index contributed by atoms with van der Waals surface area (Å²) >= 11 is 0. The number of carbonyl (C=O) groups is 2. The molecule has 0 aliphatic carbocycles. The van der Waals surface area contributed by atoms with Crippen molar-refractivity contribution in [2.45, 2.75) is 12.2 Å². The van der Waals surface area contributed by atoms with Crippen molar-refractivity contribution in [2.75, 3.05) is 7.11 Å². The molecular weight excluding hydrogens is 304 g/mol. The molecule has 8 heteroatoms. The van der Waals surface area contributed by atoms with Crippen LogP contribution in [0.1, 0.15) is 0 Å². The molecule has 1 heterocycles. The monoisotopic (exact) mass is 318 g/mol. The van der Waals surface area contributed by atoms with E-state index in [1.54, 1.807) is 0 Å². The summed E-state index contributed by atoms with van der Waals surface area (Å²) in [6.45, 7) is 0. The van der Waals surface area contributed by atoms with Gasteiger partial charge in [-0.05, 0) is 5.56 Å². The van der Waals surface area contributed by atoms with Crippen molar-refractivity contribution in [2.24, 2.45) is 0 Å². The van der Waals surface area contributed by atoms with E-state index >= 15 is 0 Å². The standard InChI is InChI=1S/C15H14N2O6/c1-22-15(21)13(12(18)14(19)20)23-11-7-10(8-16-17-11)9-5-3-2-4-6-9/h2-8,12-13,18H,1H3,(H,19,20). The first-order valence-electron chi connectivity index (χ1n) is 6.56. The molecule has 2 unspecified atom stereocenters. The topological polar surface area (TPSA) is 119 Å². The normalized spacial score (nSPS) is 13.0. The van der Waals surface area contributed by atoms with Crippen molar-refractivity contribution in [1.82, 2.24) is 10.2 Å². The highest BCUT2D eigenvalue weighted by molar-refractivity contribution is 5.84. The van der Waals surface area contributed by atoms with Crippen molar-refractivity contribution >= 4 is 11.9 Å². The second kappa shape index (κ2) is 7.32. The number of aromatic nitrogens is 2. The molecule has 2 N–H and O–H groups in total. The Labute approximate surface area is 131 Å². The molecule has 0 saturated heterocycles. The molecule has 0 aliphatic heterocycles. The predicted octanol–water partition coefficient (Wildman–Crippen LogP) is 0.509. The average Bonchev–Trinajstić information content (AvgIpc) is 2.59. The Morgan fingerprint density at radius 2 is 1.87 bits per heavy atom. The van der Waals surface area contributed by atoms with Crippen LogP contribution in [0, 0.1) is 0 Å². The second-order valence-electron chi connectivity index (χ2n) is 4.49. The molecule has 8 nitrogen and oxygen atoms in total. The number of ether oxygens (including phenoxy) is 2. The molecule has 1 aromatic heterocycles. The van der Waals surface area contributed by atoms with Crippen LogP contribution in [0.15, 0.2) is 42.6 Å². The maximum atomic E-state index is 11.6. The van der Waals surface area contributed by atoms with E-state index in [9.17, 15) is 14.7 Å². The van der Waals surface area contributed by atoms with E-state index in [0.29, 0.717) is 5.56 Å². The molecular formula is C15H14N2O6. The molecule has 0 spiro atoms. The zero-order chi connectivity index (χ0) is 16.8. The van der Waals surface area contributed by atoms with E-state index in [1.165, 1.54) is 12.3 Å². The van der Waals surface area contributed by atoms with Gasteiger partial charge < -0.3 is 19.7 Å². The Morgan fingerprint density at radius 1 is 1.17 bits per heavy atom. The summed E-state index contributed by atoms with van der Waals surface area (Å²) in [5.74, 6) is -2.76. The van der Waals surface area contributed by atoms with Crippen LogP contribution in [-0.2, 0) is 14.3 Å². The predicted molar refractivity (Wildman–Crippen MR) is 77.5 cm³/mol. The lowest BCUT2D eigenvalue weighted by atomic mass is 10.1. The van der Waals surface area contributed by atoms with Gasteiger partial charge in [0.25, 0.3) is 0 Å². The molecule has 2 atom stereocenters. The fourth-order valence-corrected chi connectivity index (χ4v) is 1.81. The third-order valence-electron chi connectivity index (χ3n) is 2.96. The first-order valence-corrected chi connectivity index (χ1v) is 6.56. The van der Waals surface area contributed by atoms with E-state index < -0.39 is 24.1 Å². The number of aliphatic hydroxyl groups excluding tert-OH is 1. The van der Waals surface area contributed by atoms with Crippen LogP contribution in [0.5, 0.6) is 5.88 Å². The Balaban J connectivity index is 2.27. The molecule has 0 fully saturated rings. The van der Waals surface area contributed by atoms with Gasteiger partial charge in [-0.2, -0.15) is 5.10 Å². The third-order valence-corrected chi connectivity index (χ3v) is 2.96. The van der Waals surface area contributed by atoms with Crippen molar-refractivity contribution in [3.05, 3.63) is 42.6 Å². The molecule has 2 aromatic rings. The van der Waals surface area contributed by atoms with E-state index in [-0.39, 0.29) is 5.88 Å². The molecule has 2 rings (SSSR count). The number of carboxylic acid groups (broad SMARTS) is 1. The van der Waals surface area contributed by atoms with Gasteiger partial charge in [-0.25, -0.2) is 9.59 Å². The maximum Gasteiger partial charge on any atom is 0.350 e. The van der Waals surface area contributed by atoms with Crippen molar-refractivity contribution in [1.29, 1.82) is 0 Å². The van der Waals surface area contributed by atoms with Crippen LogP contribution in [0.4, 0.5) is 0 Å². The molecule has 0 saturated carbocycles.